The van der Waals surface area contributed by atoms with Crippen LogP contribution in [0.5, 0.6) is 0 Å². The quantitative estimate of drug-likeness (QED) is 0.749. The summed E-state index contributed by atoms with van der Waals surface area (Å²) in [5.74, 6) is 0.293. The van der Waals surface area contributed by atoms with Crippen LogP contribution in [0, 0.1) is 5.82 Å². The number of halogens is 2. The van der Waals surface area contributed by atoms with Gasteiger partial charge in [-0.05, 0) is 40.2 Å². The lowest BCUT2D eigenvalue weighted by molar-refractivity contribution is -0.129. The van der Waals surface area contributed by atoms with Crippen molar-refractivity contribution in [2.24, 2.45) is 0 Å². The van der Waals surface area contributed by atoms with Gasteiger partial charge >= 0.3 is 0 Å². The fourth-order valence-corrected chi connectivity index (χ4v) is 3.32. The van der Waals surface area contributed by atoms with Crippen LogP contribution in [0.4, 0.5) is 10.1 Å². The largest absolute Gasteiger partial charge is 0.453 e. The molecule has 1 aliphatic rings. The van der Waals surface area contributed by atoms with E-state index in [2.05, 4.69) is 15.9 Å². The molecule has 0 radical (unpaired) electrons. The number of nitrogens with zero attached hydrogens (tertiary/aromatic N) is 2. The topological polar surface area (TPSA) is 53.8 Å². The third kappa shape index (κ3) is 3.21. The number of benzene rings is 1. The lowest BCUT2D eigenvalue weighted by atomic mass is 10.1. The minimum Gasteiger partial charge on any atom is -0.453 e. The molecule has 0 bridgehead atoms. The fraction of sp³-hybridized carbons (Fsp3) is 0.294. The van der Waals surface area contributed by atoms with Crippen LogP contribution in [-0.4, -0.2) is 43.3 Å². The van der Waals surface area contributed by atoms with Gasteiger partial charge in [0.25, 0.3) is 0 Å². The maximum atomic E-state index is 14.6. The Labute approximate surface area is 147 Å². The first-order chi connectivity index (χ1) is 11.5. The van der Waals surface area contributed by atoms with Crippen LogP contribution in [0.1, 0.15) is 17.5 Å². The predicted octanol–water partition coefficient (Wildman–Crippen LogP) is 3.33. The van der Waals surface area contributed by atoms with Gasteiger partial charge in [0.2, 0.25) is 5.91 Å². The fourth-order valence-electron chi connectivity index (χ4n) is 2.79. The van der Waals surface area contributed by atoms with Gasteiger partial charge in [-0.25, -0.2) is 4.39 Å². The number of amides is 1. The van der Waals surface area contributed by atoms with Gasteiger partial charge in [-0.1, -0.05) is 0 Å². The molecular weight excluding hydrogens is 379 g/mol. The van der Waals surface area contributed by atoms with E-state index < -0.39 is 0 Å². The van der Waals surface area contributed by atoms with Crippen LogP contribution >= 0.6 is 15.9 Å². The molecule has 0 N–H and O–H groups in total. The van der Waals surface area contributed by atoms with Crippen LogP contribution < -0.4 is 4.90 Å². The lowest BCUT2D eigenvalue weighted by Gasteiger charge is -2.35. The smallest absolute Gasteiger partial charge is 0.219 e. The van der Waals surface area contributed by atoms with Crippen molar-refractivity contribution in [2.75, 3.05) is 31.1 Å². The Kier molecular flexibility index (Phi) is 4.71. The Morgan fingerprint density at radius 3 is 2.54 bits per heavy atom. The number of piperazine rings is 1. The van der Waals surface area contributed by atoms with E-state index in [1.54, 1.807) is 30.0 Å². The van der Waals surface area contributed by atoms with Crippen LogP contribution in [-0.2, 0) is 4.79 Å². The summed E-state index contributed by atoms with van der Waals surface area (Å²) in [5.41, 5.74) is 1.03. The molecule has 7 heteroatoms. The maximum Gasteiger partial charge on any atom is 0.219 e. The van der Waals surface area contributed by atoms with E-state index in [0.717, 1.165) is 0 Å². The first kappa shape index (κ1) is 16.7. The number of carbonyl (C=O) groups is 2. The van der Waals surface area contributed by atoms with E-state index in [-0.39, 0.29) is 17.5 Å². The molecule has 2 heterocycles. The normalized spacial score (nSPS) is 14.8. The summed E-state index contributed by atoms with van der Waals surface area (Å²) in [6.07, 6.45) is 0.608. The highest BCUT2D eigenvalue weighted by molar-refractivity contribution is 9.10. The monoisotopic (exact) mass is 394 g/mol. The van der Waals surface area contributed by atoms with E-state index in [4.69, 9.17) is 4.42 Å². The van der Waals surface area contributed by atoms with Crippen molar-refractivity contribution in [3.05, 3.63) is 40.3 Å². The number of anilines is 1. The first-order valence-corrected chi connectivity index (χ1v) is 8.34. The first-order valence-electron chi connectivity index (χ1n) is 7.54. The minimum atomic E-state index is -0.367. The number of carbonyl (C=O) groups excluding carboxylic acids is 2. The molecule has 24 heavy (non-hydrogen) atoms. The van der Waals surface area contributed by atoms with Crippen molar-refractivity contribution >= 4 is 33.8 Å². The molecule has 0 unspecified atom stereocenters. The molecule has 2 aromatic rings. The van der Waals surface area contributed by atoms with Crippen molar-refractivity contribution in [3.63, 3.8) is 0 Å². The maximum absolute atomic E-state index is 14.6. The number of furan rings is 1. The van der Waals surface area contributed by atoms with Gasteiger partial charge in [-0.3, -0.25) is 9.59 Å². The van der Waals surface area contributed by atoms with Crippen LogP contribution in [0.15, 0.2) is 33.2 Å². The van der Waals surface area contributed by atoms with Crippen LogP contribution in [0.2, 0.25) is 0 Å². The summed E-state index contributed by atoms with van der Waals surface area (Å²) in [7, 11) is 0. The molecule has 1 saturated heterocycles. The standard InChI is InChI=1S/C17H16BrFN2O3/c1-11(23)20-4-6-21(7-5-20)16-9-14(18)13(8-15(16)19)17-3-2-12(10-22)24-17/h2-3,8-10H,4-7H2,1H3. The summed E-state index contributed by atoms with van der Waals surface area (Å²) < 4.78 is 20.6. The third-order valence-corrected chi connectivity index (χ3v) is 4.77. The van der Waals surface area contributed by atoms with Crippen molar-refractivity contribution in [3.8, 4) is 11.3 Å². The molecule has 0 saturated carbocycles. The Hall–Kier alpha value is -2.15. The summed E-state index contributed by atoms with van der Waals surface area (Å²) in [6.45, 7) is 3.86. The lowest BCUT2D eigenvalue weighted by Crippen LogP contribution is -2.48. The highest BCUT2D eigenvalue weighted by Crippen LogP contribution is 2.35. The number of hydrogen-bond donors (Lipinski definition) is 0. The molecule has 1 aromatic heterocycles. The molecule has 0 atom stereocenters. The predicted molar refractivity (Wildman–Crippen MR) is 91.7 cm³/mol. The van der Waals surface area contributed by atoms with Crippen molar-refractivity contribution < 1.29 is 18.4 Å². The van der Waals surface area contributed by atoms with E-state index in [1.807, 2.05) is 4.90 Å². The summed E-state index contributed by atoms with van der Waals surface area (Å²) in [6, 6.07) is 6.28. The van der Waals surface area contributed by atoms with Crippen molar-refractivity contribution in [1.29, 1.82) is 0 Å². The van der Waals surface area contributed by atoms with Gasteiger partial charge in [0.15, 0.2) is 12.0 Å². The van der Waals surface area contributed by atoms with Gasteiger partial charge in [0, 0.05) is 43.1 Å². The number of hydrogen-bond acceptors (Lipinski definition) is 4. The molecule has 1 fully saturated rings. The summed E-state index contributed by atoms with van der Waals surface area (Å²) in [5, 5.41) is 0. The van der Waals surface area contributed by atoms with Crippen LogP contribution in [0.3, 0.4) is 0 Å². The number of rotatable bonds is 3. The second-order valence-corrected chi connectivity index (χ2v) is 6.45. The zero-order valence-electron chi connectivity index (χ0n) is 13.1. The van der Waals surface area contributed by atoms with Crippen molar-refractivity contribution in [2.45, 2.75) is 6.92 Å². The average Bonchev–Trinajstić information content (AvgIpc) is 3.05. The van der Waals surface area contributed by atoms with Gasteiger partial charge in [0.05, 0.1) is 5.69 Å². The zero-order valence-corrected chi connectivity index (χ0v) is 14.7. The molecule has 126 valence electrons. The second kappa shape index (κ2) is 6.76. The average molecular weight is 395 g/mol. The molecule has 3 rings (SSSR count). The van der Waals surface area contributed by atoms with E-state index in [1.165, 1.54) is 6.07 Å². The van der Waals surface area contributed by atoms with E-state index in [0.29, 0.717) is 53.9 Å². The third-order valence-electron chi connectivity index (χ3n) is 4.11. The molecule has 0 spiro atoms. The van der Waals surface area contributed by atoms with Gasteiger partial charge < -0.3 is 14.2 Å². The van der Waals surface area contributed by atoms with E-state index in [9.17, 15) is 14.0 Å². The number of aldehydes is 1. The zero-order chi connectivity index (χ0) is 17.3. The van der Waals surface area contributed by atoms with E-state index >= 15 is 0 Å². The highest BCUT2D eigenvalue weighted by Gasteiger charge is 2.22. The Morgan fingerprint density at radius 1 is 1.25 bits per heavy atom. The molecule has 1 aromatic carbocycles. The second-order valence-electron chi connectivity index (χ2n) is 5.60. The van der Waals surface area contributed by atoms with Gasteiger partial charge in [-0.15, -0.1) is 0 Å². The molecule has 0 aliphatic carbocycles. The molecular formula is C17H16BrFN2O3. The minimum absolute atomic E-state index is 0.0375. The molecule has 1 amide bonds. The molecule has 1 aliphatic heterocycles. The molecule has 5 nitrogen and oxygen atoms in total. The summed E-state index contributed by atoms with van der Waals surface area (Å²) in [4.78, 5) is 25.8. The van der Waals surface area contributed by atoms with Gasteiger partial charge in [-0.2, -0.15) is 0 Å². The SMILES string of the molecule is CC(=O)N1CCN(c2cc(Br)c(-c3ccc(C=O)o3)cc2F)CC1. The van der Waals surface area contributed by atoms with Crippen LogP contribution in [0.25, 0.3) is 11.3 Å². The highest BCUT2D eigenvalue weighted by atomic mass is 79.9. The summed E-state index contributed by atoms with van der Waals surface area (Å²) >= 11 is 3.44. The van der Waals surface area contributed by atoms with Gasteiger partial charge in [0.1, 0.15) is 11.6 Å². The Balaban J connectivity index is 1.85. The Bertz CT molecular complexity index is 782. The van der Waals surface area contributed by atoms with Crippen molar-refractivity contribution in [1.82, 2.24) is 4.90 Å². The Morgan fingerprint density at radius 2 is 1.96 bits per heavy atom.